The van der Waals surface area contributed by atoms with Crippen LogP contribution in [-0.4, -0.2) is 44.4 Å². The van der Waals surface area contributed by atoms with Crippen LogP contribution in [0.25, 0.3) is 10.6 Å². The largest absolute Gasteiger partial charge is 0.472 e. The number of halogens is 3. The fourth-order valence-electron chi connectivity index (χ4n) is 4.65. The number of pyridine rings is 2. The van der Waals surface area contributed by atoms with Crippen LogP contribution >= 0.6 is 11.3 Å². The molecular weight excluding hydrogens is 453 g/mol. The van der Waals surface area contributed by atoms with Gasteiger partial charge >= 0.3 is 6.18 Å². The van der Waals surface area contributed by atoms with Gasteiger partial charge in [0.2, 0.25) is 5.88 Å². The zero-order valence-corrected chi connectivity index (χ0v) is 18.6. The number of amides is 1. The number of hydrogen-bond donors (Lipinski definition) is 0. The first-order valence-corrected chi connectivity index (χ1v) is 11.6. The molecule has 3 fully saturated rings. The van der Waals surface area contributed by atoms with Crippen LogP contribution in [0, 0.1) is 12.8 Å². The first kappa shape index (κ1) is 21.8. The van der Waals surface area contributed by atoms with Crippen molar-refractivity contribution in [3.63, 3.8) is 0 Å². The minimum absolute atomic E-state index is 0.130. The van der Waals surface area contributed by atoms with Crippen molar-refractivity contribution >= 4 is 17.2 Å². The van der Waals surface area contributed by atoms with E-state index in [4.69, 9.17) is 4.74 Å². The average molecular weight is 475 g/mol. The van der Waals surface area contributed by atoms with E-state index >= 15 is 0 Å². The van der Waals surface area contributed by atoms with Crippen LogP contribution in [0.4, 0.5) is 13.2 Å². The number of nitrogens with zero attached hydrogens (tertiary/aromatic N) is 4. The number of carbonyl (C=O) groups excluding carboxylic acids is 1. The third-order valence-electron chi connectivity index (χ3n) is 6.22. The molecule has 2 saturated heterocycles. The van der Waals surface area contributed by atoms with Crippen LogP contribution in [-0.2, 0) is 6.18 Å². The van der Waals surface area contributed by atoms with Crippen LogP contribution in [0.1, 0.15) is 41.0 Å². The number of ether oxygens (including phenoxy) is 1. The van der Waals surface area contributed by atoms with Gasteiger partial charge in [0, 0.05) is 41.6 Å². The van der Waals surface area contributed by atoms with Crippen LogP contribution in [0.3, 0.4) is 0 Å². The third-order valence-corrected chi connectivity index (χ3v) is 7.02. The molecule has 3 aliphatic rings. The molecule has 0 N–H and O–H groups in total. The summed E-state index contributed by atoms with van der Waals surface area (Å²) in [5.41, 5.74) is 0.979. The Morgan fingerprint density at radius 2 is 2.03 bits per heavy atom. The highest BCUT2D eigenvalue weighted by Gasteiger charge is 2.45. The Balaban J connectivity index is 1.39. The molecule has 5 heterocycles. The predicted molar refractivity (Wildman–Crippen MR) is 116 cm³/mol. The maximum absolute atomic E-state index is 13.7. The summed E-state index contributed by atoms with van der Waals surface area (Å²) in [5, 5.41) is 2.59. The Morgan fingerprint density at radius 1 is 1.18 bits per heavy atom. The van der Waals surface area contributed by atoms with E-state index in [1.54, 1.807) is 6.20 Å². The molecular formula is C23H21F3N4O2S. The number of aromatic nitrogens is 3. The van der Waals surface area contributed by atoms with Gasteiger partial charge in [0.25, 0.3) is 5.91 Å². The van der Waals surface area contributed by atoms with E-state index in [9.17, 15) is 18.0 Å². The summed E-state index contributed by atoms with van der Waals surface area (Å²) in [6.07, 6.45) is 0.162. The van der Waals surface area contributed by atoms with Gasteiger partial charge in [-0.3, -0.25) is 4.79 Å². The van der Waals surface area contributed by atoms with Gasteiger partial charge in [0.15, 0.2) is 0 Å². The number of thiazole rings is 1. The van der Waals surface area contributed by atoms with E-state index in [1.165, 1.54) is 17.4 Å². The minimum atomic E-state index is -4.45. The number of aryl methyl sites for hydroxylation is 1. The molecule has 6 nitrogen and oxygen atoms in total. The average Bonchev–Trinajstić information content (AvgIpc) is 3.33. The maximum atomic E-state index is 13.7. The molecule has 3 atom stereocenters. The quantitative estimate of drug-likeness (QED) is 0.532. The molecule has 1 aliphatic carbocycles. The van der Waals surface area contributed by atoms with Crippen LogP contribution in [0.15, 0.2) is 42.0 Å². The Kier molecular flexibility index (Phi) is 5.55. The second kappa shape index (κ2) is 8.40. The topological polar surface area (TPSA) is 68.2 Å². The Bertz CT molecular complexity index is 1150. The van der Waals surface area contributed by atoms with Crippen molar-refractivity contribution in [3.05, 3.63) is 59.0 Å². The number of carbonyl (C=O) groups is 1. The first-order valence-electron chi connectivity index (χ1n) is 10.7. The number of fused-ring (bicyclic) bond motifs is 3. The van der Waals surface area contributed by atoms with Crippen LogP contribution in [0.5, 0.6) is 5.88 Å². The summed E-state index contributed by atoms with van der Waals surface area (Å²) in [6.45, 7) is 2.45. The highest BCUT2D eigenvalue weighted by Crippen LogP contribution is 2.39. The molecule has 10 heteroatoms. The standard InChI is InChI=1S/C23H21F3N4O2S/c1-13-2-5-16(21-27-8-9-33-21)20(29-13)22(31)30-12-14-3-6-17(30)18(10-14)32-19-7-4-15(11-28-19)23(24,25)26/h2,4-5,7-9,11,14,17-18H,3,6,10,12H2,1H3/t14-,17+,18-/m1/s1. The smallest absolute Gasteiger partial charge is 0.417 e. The molecule has 1 amide bonds. The van der Waals surface area contributed by atoms with Crippen molar-refractivity contribution in [2.75, 3.05) is 6.54 Å². The molecule has 0 radical (unpaired) electrons. The van der Waals surface area contributed by atoms with E-state index in [1.807, 2.05) is 29.3 Å². The molecule has 0 aromatic carbocycles. The molecule has 2 bridgehead atoms. The number of alkyl halides is 3. The van der Waals surface area contributed by atoms with Crippen LogP contribution < -0.4 is 4.74 Å². The van der Waals surface area contributed by atoms with Gasteiger partial charge in [-0.1, -0.05) is 0 Å². The molecule has 1 saturated carbocycles. The molecule has 3 aromatic heterocycles. The molecule has 3 aromatic rings. The van der Waals surface area contributed by atoms with Crippen molar-refractivity contribution in [2.45, 2.75) is 44.5 Å². The van der Waals surface area contributed by atoms with Gasteiger partial charge in [-0.25, -0.2) is 15.0 Å². The van der Waals surface area contributed by atoms with E-state index in [2.05, 4.69) is 15.0 Å². The van der Waals surface area contributed by atoms with Crippen molar-refractivity contribution < 1.29 is 22.7 Å². The van der Waals surface area contributed by atoms with Gasteiger partial charge in [0.1, 0.15) is 16.8 Å². The molecule has 33 heavy (non-hydrogen) atoms. The normalized spacial score (nSPS) is 22.4. The van der Waals surface area contributed by atoms with E-state index in [0.29, 0.717) is 17.8 Å². The SMILES string of the molecule is Cc1ccc(-c2nccs2)c(C(=O)N2C[C@@H]3CC[C@H]2[C@H](Oc2ccc(C(F)(F)F)cn2)C3)n1. The zero-order valence-electron chi connectivity index (χ0n) is 17.7. The summed E-state index contributed by atoms with van der Waals surface area (Å²) >= 11 is 1.45. The zero-order chi connectivity index (χ0) is 23.2. The minimum Gasteiger partial charge on any atom is -0.472 e. The fourth-order valence-corrected chi connectivity index (χ4v) is 5.31. The van der Waals surface area contributed by atoms with Gasteiger partial charge in [0.05, 0.1) is 11.6 Å². The molecule has 0 unspecified atom stereocenters. The lowest BCUT2D eigenvalue weighted by Crippen LogP contribution is -2.59. The molecule has 2 aliphatic heterocycles. The second-order valence-electron chi connectivity index (χ2n) is 8.43. The molecule has 172 valence electrons. The van der Waals surface area contributed by atoms with Gasteiger partial charge in [-0.15, -0.1) is 11.3 Å². The summed E-state index contributed by atoms with van der Waals surface area (Å²) in [7, 11) is 0. The van der Waals surface area contributed by atoms with E-state index < -0.39 is 11.7 Å². The highest BCUT2D eigenvalue weighted by molar-refractivity contribution is 7.13. The number of rotatable bonds is 4. The van der Waals surface area contributed by atoms with E-state index in [-0.39, 0.29) is 29.9 Å². The predicted octanol–water partition coefficient (Wildman–Crippen LogP) is 5.00. The lowest BCUT2D eigenvalue weighted by atomic mass is 9.77. The Morgan fingerprint density at radius 3 is 2.70 bits per heavy atom. The summed E-state index contributed by atoms with van der Waals surface area (Å²) in [5.74, 6) is 0.212. The highest BCUT2D eigenvalue weighted by atomic mass is 32.1. The first-order chi connectivity index (χ1) is 15.8. The Labute approximate surface area is 192 Å². The van der Waals surface area contributed by atoms with Crippen molar-refractivity contribution in [1.29, 1.82) is 0 Å². The fraction of sp³-hybridized carbons (Fsp3) is 0.391. The summed E-state index contributed by atoms with van der Waals surface area (Å²) in [6, 6.07) is 5.73. The summed E-state index contributed by atoms with van der Waals surface area (Å²) < 4.78 is 44.5. The van der Waals surface area contributed by atoms with Gasteiger partial charge < -0.3 is 9.64 Å². The van der Waals surface area contributed by atoms with Crippen molar-refractivity contribution in [1.82, 2.24) is 19.9 Å². The number of hydrogen-bond acceptors (Lipinski definition) is 6. The third kappa shape index (κ3) is 4.31. The maximum Gasteiger partial charge on any atom is 0.417 e. The van der Waals surface area contributed by atoms with Gasteiger partial charge in [-0.05, 0) is 50.3 Å². The van der Waals surface area contributed by atoms with Crippen molar-refractivity contribution in [2.24, 2.45) is 5.92 Å². The summed E-state index contributed by atoms with van der Waals surface area (Å²) in [4.78, 5) is 28.2. The van der Waals surface area contributed by atoms with Crippen LogP contribution in [0.2, 0.25) is 0 Å². The Hall–Kier alpha value is -3.01. The lowest BCUT2D eigenvalue weighted by Gasteiger charge is -2.49. The lowest BCUT2D eigenvalue weighted by molar-refractivity contribution is -0.137. The molecule has 6 rings (SSSR count). The monoisotopic (exact) mass is 474 g/mol. The van der Waals surface area contributed by atoms with E-state index in [0.717, 1.165) is 42.2 Å². The molecule has 0 spiro atoms. The number of piperidine rings is 2. The van der Waals surface area contributed by atoms with Crippen molar-refractivity contribution in [3.8, 4) is 16.5 Å². The van der Waals surface area contributed by atoms with Gasteiger partial charge in [-0.2, -0.15) is 13.2 Å². The second-order valence-corrected chi connectivity index (χ2v) is 9.32.